The fourth-order valence-corrected chi connectivity index (χ4v) is 2.95. The molecule has 0 aliphatic carbocycles. The van der Waals surface area contributed by atoms with E-state index in [2.05, 4.69) is 65.5 Å². The molecule has 0 aromatic carbocycles. The second-order valence-electron chi connectivity index (χ2n) is 5.00. The molecular weight excluding hydrogens is 188 g/mol. The lowest BCUT2D eigenvalue weighted by Crippen LogP contribution is -2.46. The lowest BCUT2D eigenvalue weighted by atomic mass is 10.5. The third kappa shape index (κ3) is 2.04. The Hall–Kier alpha value is -1.09. The van der Waals surface area contributed by atoms with Gasteiger partial charge in [0, 0.05) is 6.07 Å². The molecule has 0 aliphatic rings. The summed E-state index contributed by atoms with van der Waals surface area (Å²) in [5.74, 6) is 0. The average Bonchev–Trinajstić information content (AvgIpc) is 2.47. The first kappa shape index (κ1) is 9.46. The molecule has 0 saturated carbocycles. The van der Waals surface area contributed by atoms with E-state index in [1.54, 1.807) is 0 Å². The first-order chi connectivity index (χ1) is 6.54. The molecule has 0 saturated heterocycles. The van der Waals surface area contributed by atoms with Crippen LogP contribution in [0.2, 0.25) is 19.6 Å². The summed E-state index contributed by atoms with van der Waals surface area (Å²) in [6.45, 7) is 7.17. The molecule has 0 atom stereocenters. The first-order valence-electron chi connectivity index (χ1n) is 5.00. The SMILES string of the molecule is C[Si](C)(C)C[n+]1ccc2cccn2c1. The quantitative estimate of drug-likeness (QED) is 0.524. The standard InChI is InChI=1S/C11H17N2Si/c1-14(2,3)10-12-8-6-11-5-4-7-13(11)9-12/h4-9H,10H2,1-3H3/q+1. The van der Waals surface area contributed by atoms with Crippen LogP contribution in [0.15, 0.2) is 36.9 Å². The van der Waals surface area contributed by atoms with Crippen LogP contribution in [0.1, 0.15) is 0 Å². The van der Waals surface area contributed by atoms with Crippen LogP contribution in [0.5, 0.6) is 0 Å². The van der Waals surface area contributed by atoms with E-state index in [-0.39, 0.29) is 0 Å². The molecule has 0 aliphatic heterocycles. The Balaban J connectivity index is 2.35. The van der Waals surface area contributed by atoms with Gasteiger partial charge < -0.3 is 0 Å². The van der Waals surface area contributed by atoms with Crippen molar-refractivity contribution in [2.45, 2.75) is 25.8 Å². The van der Waals surface area contributed by atoms with Crippen molar-refractivity contribution in [2.24, 2.45) is 0 Å². The van der Waals surface area contributed by atoms with Gasteiger partial charge in [0.25, 0.3) is 0 Å². The minimum absolute atomic E-state index is 1.02. The largest absolute Gasteiger partial charge is 0.248 e. The monoisotopic (exact) mass is 205 g/mol. The summed E-state index contributed by atoms with van der Waals surface area (Å²) >= 11 is 0. The van der Waals surface area contributed by atoms with Gasteiger partial charge in [0.2, 0.25) is 6.33 Å². The van der Waals surface area contributed by atoms with Gasteiger partial charge in [0.05, 0.1) is 26.6 Å². The normalized spacial score (nSPS) is 12.2. The molecule has 2 aromatic heterocycles. The summed E-state index contributed by atoms with van der Waals surface area (Å²) in [7, 11) is -1.02. The molecule has 2 heterocycles. The summed E-state index contributed by atoms with van der Waals surface area (Å²) in [6.07, 6.45) is 7.62. The van der Waals surface area contributed by atoms with Crippen molar-refractivity contribution in [1.82, 2.24) is 4.40 Å². The van der Waals surface area contributed by atoms with Crippen LogP contribution in [0.4, 0.5) is 0 Å². The third-order valence-corrected chi connectivity index (χ3v) is 3.49. The molecule has 0 fully saturated rings. The molecule has 2 nitrogen and oxygen atoms in total. The predicted molar refractivity (Wildman–Crippen MR) is 60.9 cm³/mol. The maximum absolute atomic E-state index is 2.39. The Kier molecular flexibility index (Phi) is 2.19. The van der Waals surface area contributed by atoms with Crippen molar-refractivity contribution in [3.05, 3.63) is 36.9 Å². The summed E-state index contributed by atoms with van der Waals surface area (Å²) < 4.78 is 4.46. The third-order valence-electron chi connectivity index (χ3n) is 2.18. The number of nitrogens with zero attached hydrogens (tertiary/aromatic N) is 2. The van der Waals surface area contributed by atoms with Gasteiger partial charge in [-0.05, 0) is 12.1 Å². The van der Waals surface area contributed by atoms with Gasteiger partial charge in [0.1, 0.15) is 5.52 Å². The van der Waals surface area contributed by atoms with Crippen molar-refractivity contribution in [1.29, 1.82) is 0 Å². The fraction of sp³-hybridized carbons (Fsp3) is 0.364. The van der Waals surface area contributed by atoms with E-state index in [0.717, 1.165) is 0 Å². The van der Waals surface area contributed by atoms with E-state index in [1.807, 2.05) is 0 Å². The fourth-order valence-electron chi connectivity index (χ4n) is 1.66. The van der Waals surface area contributed by atoms with Crippen LogP contribution < -0.4 is 4.57 Å². The van der Waals surface area contributed by atoms with E-state index in [9.17, 15) is 0 Å². The Morgan fingerprint density at radius 1 is 1.29 bits per heavy atom. The van der Waals surface area contributed by atoms with Crippen LogP contribution >= 0.6 is 0 Å². The summed E-state index contributed by atoms with van der Waals surface area (Å²) in [6, 6.07) is 6.37. The zero-order chi connectivity index (χ0) is 10.2. The Labute approximate surface area is 85.8 Å². The van der Waals surface area contributed by atoms with Crippen molar-refractivity contribution in [3.63, 3.8) is 0 Å². The molecule has 14 heavy (non-hydrogen) atoms. The number of aromatic nitrogens is 2. The van der Waals surface area contributed by atoms with Crippen molar-refractivity contribution in [2.75, 3.05) is 0 Å². The zero-order valence-corrected chi connectivity index (χ0v) is 10.1. The van der Waals surface area contributed by atoms with Crippen LogP contribution in [0.3, 0.4) is 0 Å². The Morgan fingerprint density at radius 3 is 2.79 bits per heavy atom. The number of fused-ring (bicyclic) bond motifs is 1. The summed E-state index contributed by atoms with van der Waals surface area (Å²) in [5.41, 5.74) is 1.26. The van der Waals surface area contributed by atoms with Crippen LogP contribution in [0.25, 0.3) is 5.52 Å². The molecule has 0 N–H and O–H groups in total. The number of hydrogen-bond donors (Lipinski definition) is 0. The van der Waals surface area contributed by atoms with Crippen LogP contribution in [-0.4, -0.2) is 12.5 Å². The van der Waals surface area contributed by atoms with Crippen LogP contribution in [-0.2, 0) is 6.17 Å². The second kappa shape index (κ2) is 3.24. The van der Waals surface area contributed by atoms with Crippen molar-refractivity contribution >= 4 is 13.6 Å². The first-order valence-corrected chi connectivity index (χ1v) is 8.71. The predicted octanol–water partition coefficient (Wildman–Crippen LogP) is 2.10. The average molecular weight is 205 g/mol. The molecule has 0 spiro atoms. The van der Waals surface area contributed by atoms with E-state index < -0.39 is 8.07 Å². The molecule has 0 amide bonds. The highest BCUT2D eigenvalue weighted by Gasteiger charge is 2.17. The number of hydrogen-bond acceptors (Lipinski definition) is 0. The summed E-state index contributed by atoms with van der Waals surface area (Å²) in [5, 5.41) is 0. The van der Waals surface area contributed by atoms with Gasteiger partial charge in [-0.3, -0.25) is 0 Å². The van der Waals surface area contributed by atoms with Gasteiger partial charge in [0.15, 0.2) is 0 Å². The minimum atomic E-state index is -1.02. The summed E-state index contributed by atoms with van der Waals surface area (Å²) in [4.78, 5) is 0. The number of rotatable bonds is 2. The molecule has 2 aromatic rings. The molecular formula is C11H17N2Si+. The van der Waals surface area contributed by atoms with Gasteiger partial charge >= 0.3 is 0 Å². The maximum Gasteiger partial charge on any atom is 0.248 e. The van der Waals surface area contributed by atoms with Gasteiger partial charge in [-0.25, -0.2) is 8.97 Å². The molecule has 0 radical (unpaired) electrons. The molecule has 0 unspecified atom stereocenters. The lowest BCUT2D eigenvalue weighted by molar-refractivity contribution is -0.684. The topological polar surface area (TPSA) is 8.29 Å². The van der Waals surface area contributed by atoms with Gasteiger partial charge in [-0.15, -0.1) is 0 Å². The molecule has 0 bridgehead atoms. The zero-order valence-electron chi connectivity index (χ0n) is 9.07. The highest BCUT2D eigenvalue weighted by molar-refractivity contribution is 6.74. The Morgan fingerprint density at radius 2 is 2.07 bits per heavy atom. The van der Waals surface area contributed by atoms with E-state index in [0.29, 0.717) is 0 Å². The molecule has 3 heteroatoms. The van der Waals surface area contributed by atoms with Crippen LogP contribution in [0, 0.1) is 0 Å². The van der Waals surface area contributed by atoms with E-state index in [4.69, 9.17) is 0 Å². The minimum Gasteiger partial charge on any atom is -0.243 e. The highest BCUT2D eigenvalue weighted by atomic mass is 28.3. The van der Waals surface area contributed by atoms with Crippen molar-refractivity contribution in [3.8, 4) is 0 Å². The smallest absolute Gasteiger partial charge is 0.243 e. The van der Waals surface area contributed by atoms with Gasteiger partial charge in [-0.2, -0.15) is 0 Å². The van der Waals surface area contributed by atoms with Crippen molar-refractivity contribution < 1.29 is 4.57 Å². The molecule has 2 rings (SSSR count). The molecule has 74 valence electrons. The van der Waals surface area contributed by atoms with Gasteiger partial charge in [-0.1, -0.05) is 19.6 Å². The second-order valence-corrected chi connectivity index (χ2v) is 10.4. The van der Waals surface area contributed by atoms with E-state index >= 15 is 0 Å². The van der Waals surface area contributed by atoms with E-state index in [1.165, 1.54) is 11.7 Å². The lowest BCUT2D eigenvalue weighted by Gasteiger charge is -2.13. The maximum atomic E-state index is 2.39. The Bertz CT molecular complexity index is 440. The highest BCUT2D eigenvalue weighted by Crippen LogP contribution is 2.02.